The number of hydrogen-bond donors (Lipinski definition) is 0. The van der Waals surface area contributed by atoms with Gasteiger partial charge in [-0.2, -0.15) is 0 Å². The van der Waals surface area contributed by atoms with Crippen molar-refractivity contribution in [3.8, 4) is 11.3 Å². The van der Waals surface area contributed by atoms with Crippen molar-refractivity contribution in [1.29, 1.82) is 0 Å². The SMILES string of the molecule is C/C=C(/CC)n1c(CC)nc2c(-c3ccc(Cl)cc3Cl)ncnc21. The van der Waals surface area contributed by atoms with Gasteiger partial charge in [0.2, 0.25) is 0 Å². The molecule has 0 aliphatic heterocycles. The second-order valence-corrected chi connectivity index (χ2v) is 6.21. The van der Waals surface area contributed by atoms with E-state index in [0.29, 0.717) is 10.0 Å². The highest BCUT2D eigenvalue weighted by Crippen LogP contribution is 2.33. The van der Waals surface area contributed by atoms with Gasteiger partial charge < -0.3 is 0 Å². The van der Waals surface area contributed by atoms with E-state index in [9.17, 15) is 0 Å². The van der Waals surface area contributed by atoms with Gasteiger partial charge in [-0.05, 0) is 31.5 Å². The zero-order valence-electron chi connectivity index (χ0n) is 13.8. The van der Waals surface area contributed by atoms with Gasteiger partial charge in [0.05, 0.1) is 5.02 Å². The quantitative estimate of drug-likeness (QED) is 0.605. The van der Waals surface area contributed by atoms with Crippen LogP contribution in [0.2, 0.25) is 10.0 Å². The van der Waals surface area contributed by atoms with Crippen molar-refractivity contribution in [1.82, 2.24) is 19.5 Å². The number of hydrogen-bond acceptors (Lipinski definition) is 3. The Bertz CT molecular complexity index is 928. The van der Waals surface area contributed by atoms with Gasteiger partial charge in [-0.15, -0.1) is 0 Å². The molecule has 0 N–H and O–H groups in total. The summed E-state index contributed by atoms with van der Waals surface area (Å²) in [7, 11) is 0. The summed E-state index contributed by atoms with van der Waals surface area (Å²) < 4.78 is 2.12. The minimum Gasteiger partial charge on any atom is -0.285 e. The molecule has 0 amide bonds. The zero-order chi connectivity index (χ0) is 17.3. The van der Waals surface area contributed by atoms with Crippen LogP contribution < -0.4 is 0 Å². The van der Waals surface area contributed by atoms with Crippen molar-refractivity contribution in [3.05, 3.63) is 46.5 Å². The number of nitrogens with zero attached hydrogens (tertiary/aromatic N) is 4. The number of aryl methyl sites for hydroxylation is 1. The maximum Gasteiger partial charge on any atom is 0.168 e. The second-order valence-electron chi connectivity index (χ2n) is 5.37. The van der Waals surface area contributed by atoms with Crippen LogP contribution in [0.25, 0.3) is 28.1 Å². The van der Waals surface area contributed by atoms with E-state index >= 15 is 0 Å². The number of fused-ring (bicyclic) bond motifs is 1. The van der Waals surface area contributed by atoms with Crippen LogP contribution in [0, 0.1) is 0 Å². The maximum atomic E-state index is 6.37. The number of benzene rings is 1. The third-order valence-corrected chi connectivity index (χ3v) is 4.55. The van der Waals surface area contributed by atoms with E-state index < -0.39 is 0 Å². The topological polar surface area (TPSA) is 43.6 Å². The summed E-state index contributed by atoms with van der Waals surface area (Å²) in [5, 5.41) is 1.15. The lowest BCUT2D eigenvalue weighted by Gasteiger charge is -2.10. The summed E-state index contributed by atoms with van der Waals surface area (Å²) in [5.74, 6) is 0.965. The molecule has 0 fully saturated rings. The predicted molar refractivity (Wildman–Crippen MR) is 100 cm³/mol. The molecule has 24 heavy (non-hydrogen) atoms. The normalized spacial score (nSPS) is 12.1. The molecule has 4 nitrogen and oxygen atoms in total. The van der Waals surface area contributed by atoms with Crippen LogP contribution in [0.5, 0.6) is 0 Å². The Balaban J connectivity index is 2.33. The first kappa shape index (κ1) is 16.9. The Kier molecular flexibility index (Phi) is 4.88. The summed E-state index contributed by atoms with van der Waals surface area (Å²) >= 11 is 12.4. The third kappa shape index (κ3) is 2.80. The van der Waals surface area contributed by atoms with Crippen LogP contribution in [0.15, 0.2) is 30.6 Å². The largest absolute Gasteiger partial charge is 0.285 e. The Hall–Kier alpha value is -1.91. The van der Waals surface area contributed by atoms with Gasteiger partial charge in [0.25, 0.3) is 0 Å². The summed E-state index contributed by atoms with van der Waals surface area (Å²) in [6, 6.07) is 5.39. The first-order chi connectivity index (χ1) is 11.6. The van der Waals surface area contributed by atoms with Gasteiger partial charge >= 0.3 is 0 Å². The van der Waals surface area contributed by atoms with E-state index in [0.717, 1.165) is 41.1 Å². The zero-order valence-corrected chi connectivity index (χ0v) is 15.4. The van der Waals surface area contributed by atoms with E-state index in [4.69, 9.17) is 28.2 Å². The van der Waals surface area contributed by atoms with Crippen LogP contribution >= 0.6 is 23.2 Å². The highest BCUT2D eigenvalue weighted by atomic mass is 35.5. The summed E-state index contributed by atoms with van der Waals surface area (Å²) in [6.07, 6.45) is 5.36. The maximum absolute atomic E-state index is 6.37. The minimum atomic E-state index is 0.553. The average molecular weight is 361 g/mol. The van der Waals surface area contributed by atoms with Crippen molar-refractivity contribution in [2.75, 3.05) is 0 Å². The molecular formula is C18H18Cl2N4. The molecule has 0 saturated heterocycles. The highest BCUT2D eigenvalue weighted by Gasteiger charge is 2.18. The minimum absolute atomic E-state index is 0.553. The van der Waals surface area contributed by atoms with Crippen LogP contribution in [0.3, 0.4) is 0 Å². The Morgan fingerprint density at radius 1 is 1.21 bits per heavy atom. The summed E-state index contributed by atoms with van der Waals surface area (Å²) in [5.41, 5.74) is 4.26. The Labute approximate surface area is 151 Å². The second kappa shape index (κ2) is 6.91. The van der Waals surface area contributed by atoms with Crippen molar-refractivity contribution < 1.29 is 0 Å². The van der Waals surface area contributed by atoms with E-state index in [1.165, 1.54) is 5.70 Å². The smallest absolute Gasteiger partial charge is 0.168 e. The molecule has 0 bridgehead atoms. The molecule has 3 aromatic rings. The van der Waals surface area contributed by atoms with Crippen molar-refractivity contribution in [2.45, 2.75) is 33.6 Å². The fourth-order valence-electron chi connectivity index (χ4n) is 2.85. The first-order valence-electron chi connectivity index (χ1n) is 7.93. The van der Waals surface area contributed by atoms with Gasteiger partial charge in [-0.1, -0.05) is 43.1 Å². The van der Waals surface area contributed by atoms with Gasteiger partial charge in [-0.25, -0.2) is 15.0 Å². The lowest BCUT2D eigenvalue weighted by molar-refractivity contribution is 0.887. The molecule has 0 saturated carbocycles. The molecule has 2 aromatic heterocycles. The number of aromatic nitrogens is 4. The van der Waals surface area contributed by atoms with Crippen LogP contribution in [-0.2, 0) is 6.42 Å². The van der Waals surface area contributed by atoms with Crippen molar-refractivity contribution in [2.24, 2.45) is 0 Å². The molecule has 2 heterocycles. The number of halogens is 2. The van der Waals surface area contributed by atoms with E-state index in [2.05, 4.69) is 34.5 Å². The standard InChI is InChI=1S/C18H18Cl2N4/c1-4-12(5-2)24-15(6-3)23-17-16(21-10-22-18(17)24)13-8-7-11(19)9-14(13)20/h4,7-10H,5-6H2,1-3H3/b12-4-. The van der Waals surface area contributed by atoms with E-state index in [1.54, 1.807) is 18.5 Å². The molecule has 3 rings (SSSR count). The van der Waals surface area contributed by atoms with E-state index in [-0.39, 0.29) is 0 Å². The number of rotatable bonds is 4. The molecule has 0 aliphatic carbocycles. The Morgan fingerprint density at radius 3 is 2.62 bits per heavy atom. The third-order valence-electron chi connectivity index (χ3n) is 4.00. The molecular weight excluding hydrogens is 343 g/mol. The van der Waals surface area contributed by atoms with Gasteiger partial charge in [0.15, 0.2) is 5.65 Å². The molecule has 124 valence electrons. The van der Waals surface area contributed by atoms with Crippen LogP contribution in [0.1, 0.15) is 33.0 Å². The molecule has 0 atom stereocenters. The molecule has 0 unspecified atom stereocenters. The average Bonchev–Trinajstić information content (AvgIpc) is 2.95. The van der Waals surface area contributed by atoms with Crippen molar-refractivity contribution in [3.63, 3.8) is 0 Å². The molecule has 0 spiro atoms. The predicted octanol–water partition coefficient (Wildman–Crippen LogP) is 5.63. The number of allylic oxidation sites excluding steroid dienone is 2. The molecule has 0 aliphatic rings. The molecule has 6 heteroatoms. The monoisotopic (exact) mass is 360 g/mol. The van der Waals surface area contributed by atoms with Crippen LogP contribution in [0.4, 0.5) is 0 Å². The van der Waals surface area contributed by atoms with Gasteiger partial charge in [0, 0.05) is 22.7 Å². The number of imidazole rings is 1. The lowest BCUT2D eigenvalue weighted by atomic mass is 10.1. The Morgan fingerprint density at radius 2 is 2.00 bits per heavy atom. The van der Waals surface area contributed by atoms with E-state index in [1.807, 2.05) is 13.0 Å². The molecule has 1 aromatic carbocycles. The van der Waals surface area contributed by atoms with Gasteiger partial charge in [0.1, 0.15) is 23.4 Å². The highest BCUT2D eigenvalue weighted by molar-refractivity contribution is 6.36. The summed E-state index contributed by atoms with van der Waals surface area (Å²) in [4.78, 5) is 13.7. The summed E-state index contributed by atoms with van der Waals surface area (Å²) in [6.45, 7) is 6.24. The first-order valence-corrected chi connectivity index (χ1v) is 8.69. The molecule has 0 radical (unpaired) electrons. The van der Waals surface area contributed by atoms with Crippen molar-refractivity contribution >= 4 is 40.1 Å². The van der Waals surface area contributed by atoms with Crippen LogP contribution in [-0.4, -0.2) is 19.5 Å². The fourth-order valence-corrected chi connectivity index (χ4v) is 3.34. The fraction of sp³-hybridized carbons (Fsp3) is 0.278. The lowest BCUT2D eigenvalue weighted by Crippen LogP contribution is -2.02. The van der Waals surface area contributed by atoms with Gasteiger partial charge in [-0.3, -0.25) is 4.57 Å².